The number of nitrogens with one attached hydrogen (secondary N) is 1. The normalized spacial score (nSPS) is 20.1. The van der Waals surface area contributed by atoms with Crippen molar-refractivity contribution in [1.29, 1.82) is 0 Å². The largest absolute Gasteiger partial charge is 0.350 e. The number of amides is 1. The molecule has 1 atom stereocenters. The summed E-state index contributed by atoms with van der Waals surface area (Å²) in [6, 6.07) is -0.0259. The van der Waals surface area contributed by atoms with Crippen molar-refractivity contribution in [2.24, 2.45) is 5.92 Å². The molecule has 0 aromatic heterocycles. The van der Waals surface area contributed by atoms with Crippen LogP contribution in [-0.2, 0) is 4.79 Å². The summed E-state index contributed by atoms with van der Waals surface area (Å²) in [6.07, 6.45) is 0.952. The Bertz CT molecular complexity index is 307. The van der Waals surface area contributed by atoms with Gasteiger partial charge in [-0.2, -0.15) is 0 Å². The predicted octanol–water partition coefficient (Wildman–Crippen LogP) is 1.95. The highest BCUT2D eigenvalue weighted by molar-refractivity contribution is 5.82. The number of hydrogen-bond donors (Lipinski definition) is 1. The third-order valence-electron chi connectivity index (χ3n) is 4.30. The van der Waals surface area contributed by atoms with Crippen LogP contribution < -0.4 is 5.32 Å². The number of hydrogen-bond acceptors (Lipinski definition) is 3. The fourth-order valence-corrected chi connectivity index (χ4v) is 2.54. The van der Waals surface area contributed by atoms with Crippen LogP contribution in [0, 0.1) is 5.92 Å². The molecule has 1 heterocycles. The van der Waals surface area contributed by atoms with Crippen molar-refractivity contribution < 1.29 is 4.79 Å². The third-order valence-corrected chi connectivity index (χ3v) is 4.30. The number of carbonyl (C=O) groups excluding carboxylic acids is 1. The summed E-state index contributed by atoms with van der Waals surface area (Å²) >= 11 is 0. The first-order valence-corrected chi connectivity index (χ1v) is 8.03. The van der Waals surface area contributed by atoms with E-state index in [1.54, 1.807) is 0 Å². The summed E-state index contributed by atoms with van der Waals surface area (Å²) in [5, 5.41) is 3.15. The van der Waals surface area contributed by atoms with Crippen LogP contribution in [0.5, 0.6) is 0 Å². The van der Waals surface area contributed by atoms with E-state index in [0.29, 0.717) is 5.92 Å². The molecule has 4 heteroatoms. The van der Waals surface area contributed by atoms with E-state index in [2.05, 4.69) is 49.7 Å². The fraction of sp³-hybridized carbons (Fsp3) is 0.938. The van der Waals surface area contributed by atoms with Crippen molar-refractivity contribution in [3.8, 4) is 0 Å². The first kappa shape index (κ1) is 17.4. The maximum Gasteiger partial charge on any atom is 0.237 e. The lowest BCUT2D eigenvalue weighted by Crippen LogP contribution is -2.56. The molecule has 0 saturated carbocycles. The lowest BCUT2D eigenvalue weighted by atomic mass is 10.0. The second-order valence-corrected chi connectivity index (χ2v) is 7.13. The summed E-state index contributed by atoms with van der Waals surface area (Å²) in [5.74, 6) is 0.877. The van der Waals surface area contributed by atoms with Gasteiger partial charge in [-0.15, -0.1) is 0 Å². The van der Waals surface area contributed by atoms with Crippen LogP contribution in [0.25, 0.3) is 0 Å². The molecule has 0 radical (unpaired) electrons. The smallest absolute Gasteiger partial charge is 0.237 e. The molecule has 118 valence electrons. The zero-order valence-electron chi connectivity index (χ0n) is 14.2. The van der Waals surface area contributed by atoms with Gasteiger partial charge in [0, 0.05) is 38.3 Å². The van der Waals surface area contributed by atoms with Crippen LogP contribution in [-0.4, -0.2) is 60.0 Å². The van der Waals surface area contributed by atoms with Crippen LogP contribution in [0.15, 0.2) is 0 Å². The number of piperazine rings is 1. The van der Waals surface area contributed by atoms with Crippen molar-refractivity contribution in [2.45, 2.75) is 59.5 Å². The van der Waals surface area contributed by atoms with Gasteiger partial charge in [0.15, 0.2) is 0 Å². The van der Waals surface area contributed by atoms with Crippen LogP contribution in [0.4, 0.5) is 0 Å². The average Bonchev–Trinajstić information content (AvgIpc) is 2.37. The molecule has 1 unspecified atom stereocenters. The molecule has 4 nitrogen and oxygen atoms in total. The van der Waals surface area contributed by atoms with E-state index < -0.39 is 0 Å². The molecule has 1 amide bonds. The first-order chi connectivity index (χ1) is 9.25. The van der Waals surface area contributed by atoms with Gasteiger partial charge in [0.1, 0.15) is 0 Å². The minimum atomic E-state index is -0.106. The van der Waals surface area contributed by atoms with E-state index >= 15 is 0 Å². The van der Waals surface area contributed by atoms with Gasteiger partial charge in [-0.3, -0.25) is 9.69 Å². The van der Waals surface area contributed by atoms with Crippen molar-refractivity contribution in [3.05, 3.63) is 0 Å². The predicted molar refractivity (Wildman–Crippen MR) is 84.8 cm³/mol. The maximum atomic E-state index is 12.3. The lowest BCUT2D eigenvalue weighted by Gasteiger charge is -2.39. The zero-order chi connectivity index (χ0) is 15.3. The summed E-state index contributed by atoms with van der Waals surface area (Å²) < 4.78 is 0. The minimum Gasteiger partial charge on any atom is -0.350 e. The summed E-state index contributed by atoms with van der Waals surface area (Å²) in [4.78, 5) is 17.1. The Morgan fingerprint density at radius 3 is 2.15 bits per heavy atom. The SMILES string of the molecule is CCC(C)(C)NC(=O)C(C)N1CCN(CC(C)C)CC1. The molecular weight excluding hydrogens is 250 g/mol. The highest BCUT2D eigenvalue weighted by Crippen LogP contribution is 2.11. The molecule has 0 bridgehead atoms. The van der Waals surface area contributed by atoms with Crippen LogP contribution in [0.3, 0.4) is 0 Å². The number of nitrogens with zero attached hydrogens (tertiary/aromatic N) is 2. The van der Waals surface area contributed by atoms with Gasteiger partial charge < -0.3 is 10.2 Å². The molecule has 0 aromatic rings. The van der Waals surface area contributed by atoms with Gasteiger partial charge in [0.05, 0.1) is 6.04 Å². The Morgan fingerprint density at radius 1 is 1.15 bits per heavy atom. The molecule has 20 heavy (non-hydrogen) atoms. The second-order valence-electron chi connectivity index (χ2n) is 7.13. The van der Waals surface area contributed by atoms with Crippen LogP contribution in [0.2, 0.25) is 0 Å². The molecule has 1 saturated heterocycles. The Labute approximate surface area is 124 Å². The summed E-state index contributed by atoms with van der Waals surface area (Å²) in [6.45, 7) is 18.1. The van der Waals surface area contributed by atoms with Gasteiger partial charge in [0.25, 0.3) is 0 Å². The molecule has 1 aliphatic heterocycles. The van der Waals surface area contributed by atoms with E-state index in [0.717, 1.165) is 39.1 Å². The Kier molecular flexibility index (Phi) is 6.46. The molecule has 0 aliphatic carbocycles. The Hall–Kier alpha value is -0.610. The first-order valence-electron chi connectivity index (χ1n) is 8.03. The van der Waals surface area contributed by atoms with Crippen molar-refractivity contribution in [1.82, 2.24) is 15.1 Å². The van der Waals surface area contributed by atoms with Crippen molar-refractivity contribution in [3.63, 3.8) is 0 Å². The average molecular weight is 283 g/mol. The van der Waals surface area contributed by atoms with E-state index in [1.807, 2.05) is 6.92 Å². The summed E-state index contributed by atoms with van der Waals surface area (Å²) in [5.41, 5.74) is -0.106. The lowest BCUT2D eigenvalue weighted by molar-refractivity contribution is -0.128. The van der Waals surface area contributed by atoms with Crippen LogP contribution >= 0.6 is 0 Å². The van der Waals surface area contributed by atoms with Gasteiger partial charge in [-0.1, -0.05) is 20.8 Å². The number of carbonyl (C=O) groups is 1. The van der Waals surface area contributed by atoms with Crippen molar-refractivity contribution in [2.75, 3.05) is 32.7 Å². The highest BCUT2D eigenvalue weighted by Gasteiger charge is 2.28. The molecule has 1 fully saturated rings. The third kappa shape index (κ3) is 5.41. The second kappa shape index (κ2) is 7.41. The van der Waals surface area contributed by atoms with E-state index in [4.69, 9.17) is 0 Å². The summed E-state index contributed by atoms with van der Waals surface area (Å²) in [7, 11) is 0. The zero-order valence-corrected chi connectivity index (χ0v) is 14.2. The standard InChI is InChI=1S/C16H33N3O/c1-7-16(5,6)17-15(20)14(4)19-10-8-18(9-11-19)12-13(2)3/h13-14H,7-12H2,1-6H3,(H,17,20). The van der Waals surface area contributed by atoms with E-state index in [-0.39, 0.29) is 17.5 Å². The molecule has 0 aromatic carbocycles. The van der Waals surface area contributed by atoms with Gasteiger partial charge in [0.2, 0.25) is 5.91 Å². The molecular formula is C16H33N3O. The van der Waals surface area contributed by atoms with Crippen molar-refractivity contribution >= 4 is 5.91 Å². The highest BCUT2D eigenvalue weighted by atomic mass is 16.2. The Morgan fingerprint density at radius 2 is 1.70 bits per heavy atom. The molecule has 1 rings (SSSR count). The monoisotopic (exact) mass is 283 g/mol. The number of rotatable bonds is 6. The quantitative estimate of drug-likeness (QED) is 0.809. The van der Waals surface area contributed by atoms with Gasteiger partial charge >= 0.3 is 0 Å². The molecule has 1 N–H and O–H groups in total. The topological polar surface area (TPSA) is 35.6 Å². The molecule has 0 spiro atoms. The van der Waals surface area contributed by atoms with Crippen LogP contribution in [0.1, 0.15) is 48.0 Å². The van der Waals surface area contributed by atoms with E-state index in [1.165, 1.54) is 0 Å². The van der Waals surface area contributed by atoms with Gasteiger partial charge in [-0.05, 0) is 33.1 Å². The fourth-order valence-electron chi connectivity index (χ4n) is 2.54. The Balaban J connectivity index is 2.42. The molecule has 1 aliphatic rings. The minimum absolute atomic E-state index is 0.0259. The van der Waals surface area contributed by atoms with Gasteiger partial charge in [-0.25, -0.2) is 0 Å². The van der Waals surface area contributed by atoms with E-state index in [9.17, 15) is 4.79 Å². The maximum absolute atomic E-state index is 12.3.